The van der Waals surface area contributed by atoms with E-state index in [-0.39, 0.29) is 19.3 Å². The van der Waals surface area contributed by atoms with Gasteiger partial charge in [-0.15, -0.1) is 0 Å². The molecule has 0 aromatic carbocycles. The van der Waals surface area contributed by atoms with E-state index in [4.69, 9.17) is 10.2 Å². The van der Waals surface area contributed by atoms with E-state index in [2.05, 4.69) is 15.7 Å². The van der Waals surface area contributed by atoms with Crippen molar-refractivity contribution in [3.05, 3.63) is 11.9 Å². The number of carboxylic acids is 2. The fraction of sp³-hybridized carbons (Fsp3) is 0.500. The van der Waals surface area contributed by atoms with Gasteiger partial charge in [0.15, 0.2) is 0 Å². The predicted molar refractivity (Wildman–Crippen MR) is 73.0 cm³/mol. The molecule has 1 aromatic rings. The molecule has 2 amide bonds. The quantitative estimate of drug-likeness (QED) is 0.581. The Balaban J connectivity index is 2.54. The van der Waals surface area contributed by atoms with Gasteiger partial charge in [0.25, 0.3) is 0 Å². The molecule has 1 atom stereocenters. The normalized spacial score (nSPS) is 11.7. The number of nitrogens with zero attached hydrogens (tertiary/aromatic N) is 2. The number of carbonyl (C=O) groups excluding carboxylic acids is 1. The Labute approximate surface area is 120 Å². The van der Waals surface area contributed by atoms with Gasteiger partial charge in [0, 0.05) is 19.7 Å². The van der Waals surface area contributed by atoms with Gasteiger partial charge in [0.1, 0.15) is 6.04 Å². The molecule has 0 aliphatic heterocycles. The number of carbonyl (C=O) groups is 3. The van der Waals surface area contributed by atoms with Crippen LogP contribution in [0.25, 0.3) is 0 Å². The van der Waals surface area contributed by atoms with E-state index in [0.29, 0.717) is 11.4 Å². The van der Waals surface area contributed by atoms with Crippen molar-refractivity contribution in [2.75, 3.05) is 5.32 Å². The summed E-state index contributed by atoms with van der Waals surface area (Å²) in [6.07, 6.45) is 1.66. The summed E-state index contributed by atoms with van der Waals surface area (Å²) >= 11 is 0. The van der Waals surface area contributed by atoms with E-state index in [0.717, 1.165) is 0 Å². The molecule has 0 saturated carbocycles. The van der Waals surface area contributed by atoms with Crippen LogP contribution in [0.5, 0.6) is 0 Å². The first-order valence-electron chi connectivity index (χ1n) is 6.32. The monoisotopic (exact) mass is 298 g/mol. The van der Waals surface area contributed by atoms with Crippen LogP contribution in [0.4, 0.5) is 10.5 Å². The Morgan fingerprint density at radius 1 is 1.38 bits per heavy atom. The summed E-state index contributed by atoms with van der Waals surface area (Å²) in [6.45, 7) is 1.71. The summed E-state index contributed by atoms with van der Waals surface area (Å²) < 4.78 is 1.52. The van der Waals surface area contributed by atoms with Crippen LogP contribution in [0, 0.1) is 6.92 Å². The Hall–Kier alpha value is -2.58. The van der Waals surface area contributed by atoms with Crippen molar-refractivity contribution in [3.8, 4) is 0 Å². The third-order valence-electron chi connectivity index (χ3n) is 2.75. The molecule has 9 heteroatoms. The molecule has 116 valence electrons. The molecule has 0 fully saturated rings. The van der Waals surface area contributed by atoms with Crippen LogP contribution in [0.1, 0.15) is 25.0 Å². The first-order valence-corrected chi connectivity index (χ1v) is 6.32. The molecule has 4 N–H and O–H groups in total. The van der Waals surface area contributed by atoms with Crippen molar-refractivity contribution in [2.24, 2.45) is 7.05 Å². The van der Waals surface area contributed by atoms with E-state index in [9.17, 15) is 14.4 Å². The minimum atomic E-state index is -1.21. The molecule has 21 heavy (non-hydrogen) atoms. The fourth-order valence-corrected chi connectivity index (χ4v) is 1.75. The van der Waals surface area contributed by atoms with Gasteiger partial charge in [-0.05, 0) is 19.8 Å². The average molecular weight is 298 g/mol. The first kappa shape index (κ1) is 16.5. The van der Waals surface area contributed by atoms with Crippen molar-refractivity contribution in [1.82, 2.24) is 15.1 Å². The Morgan fingerprint density at radius 3 is 2.52 bits per heavy atom. The Kier molecular flexibility index (Phi) is 5.70. The fourth-order valence-electron chi connectivity index (χ4n) is 1.75. The van der Waals surface area contributed by atoms with E-state index in [1.807, 2.05) is 0 Å². The zero-order valence-electron chi connectivity index (χ0n) is 11.8. The molecule has 0 bridgehead atoms. The summed E-state index contributed by atoms with van der Waals surface area (Å²) in [5.74, 6) is -2.21. The number of anilines is 1. The number of rotatable bonds is 7. The Morgan fingerprint density at radius 2 is 2.05 bits per heavy atom. The third-order valence-corrected chi connectivity index (χ3v) is 2.75. The van der Waals surface area contributed by atoms with Gasteiger partial charge in [0.2, 0.25) is 0 Å². The molecule has 1 heterocycles. The number of hydrogen-bond acceptors (Lipinski definition) is 4. The van der Waals surface area contributed by atoms with Gasteiger partial charge in [-0.25, -0.2) is 9.59 Å². The van der Waals surface area contributed by atoms with Crippen LogP contribution >= 0.6 is 0 Å². The second kappa shape index (κ2) is 7.27. The molecule has 0 aliphatic rings. The number of carboxylic acid groups (broad SMARTS) is 2. The van der Waals surface area contributed by atoms with E-state index in [1.165, 1.54) is 4.68 Å². The molecule has 9 nitrogen and oxygen atoms in total. The average Bonchev–Trinajstić information content (AvgIpc) is 2.65. The summed E-state index contributed by atoms with van der Waals surface area (Å²) in [5, 5.41) is 26.4. The van der Waals surface area contributed by atoms with E-state index >= 15 is 0 Å². The maximum atomic E-state index is 11.7. The second-order valence-corrected chi connectivity index (χ2v) is 4.58. The van der Waals surface area contributed by atoms with Gasteiger partial charge in [0.05, 0.1) is 11.4 Å². The summed E-state index contributed by atoms with van der Waals surface area (Å²) in [5.41, 5.74) is 1.08. The van der Waals surface area contributed by atoms with Gasteiger partial charge in [-0.3, -0.25) is 9.48 Å². The van der Waals surface area contributed by atoms with Crippen LogP contribution < -0.4 is 10.6 Å². The van der Waals surface area contributed by atoms with Crippen LogP contribution in [-0.4, -0.2) is 44.0 Å². The summed E-state index contributed by atoms with van der Waals surface area (Å²) in [6, 6.07) is -1.81. The lowest BCUT2D eigenvalue weighted by atomic mass is 10.1. The SMILES string of the molecule is Cc1nn(C)cc1NC(=O)N[C@H](CCCC(=O)O)C(=O)O. The molecular formula is C12H18N4O5. The minimum Gasteiger partial charge on any atom is -0.481 e. The highest BCUT2D eigenvalue weighted by atomic mass is 16.4. The van der Waals surface area contributed by atoms with Crippen molar-refractivity contribution >= 4 is 23.7 Å². The van der Waals surface area contributed by atoms with Crippen LogP contribution in [0.2, 0.25) is 0 Å². The van der Waals surface area contributed by atoms with Crippen LogP contribution in [0.15, 0.2) is 6.20 Å². The zero-order chi connectivity index (χ0) is 16.0. The highest BCUT2D eigenvalue weighted by Crippen LogP contribution is 2.11. The van der Waals surface area contributed by atoms with Crippen LogP contribution in [0.3, 0.4) is 0 Å². The second-order valence-electron chi connectivity index (χ2n) is 4.58. The van der Waals surface area contributed by atoms with Crippen molar-refractivity contribution in [2.45, 2.75) is 32.2 Å². The highest BCUT2D eigenvalue weighted by Gasteiger charge is 2.20. The molecular weight excluding hydrogens is 280 g/mol. The lowest BCUT2D eigenvalue weighted by molar-refractivity contribution is -0.140. The summed E-state index contributed by atoms with van der Waals surface area (Å²) in [4.78, 5) is 33.2. The Bertz CT molecular complexity index is 540. The maximum Gasteiger partial charge on any atom is 0.326 e. The van der Waals surface area contributed by atoms with Crippen molar-refractivity contribution in [3.63, 3.8) is 0 Å². The number of amides is 2. The third kappa shape index (κ3) is 5.51. The predicted octanol–water partition coefficient (Wildman–Crippen LogP) is 0.558. The standard InChI is InChI=1S/C12H18N4O5/c1-7-9(6-16(2)15-7)14-12(21)13-8(11(19)20)4-3-5-10(17)18/h6,8H,3-5H2,1-2H3,(H,17,18)(H,19,20)(H2,13,14,21)/t8-/m1/s1. The lowest BCUT2D eigenvalue weighted by Gasteiger charge is -2.14. The number of nitrogens with one attached hydrogen (secondary N) is 2. The highest BCUT2D eigenvalue weighted by molar-refractivity contribution is 5.92. The number of aliphatic carboxylic acids is 2. The maximum absolute atomic E-state index is 11.7. The number of hydrogen-bond donors (Lipinski definition) is 4. The summed E-state index contributed by atoms with van der Waals surface area (Å²) in [7, 11) is 1.70. The van der Waals surface area contributed by atoms with Crippen molar-refractivity contribution in [1.29, 1.82) is 0 Å². The van der Waals surface area contributed by atoms with Gasteiger partial charge < -0.3 is 20.8 Å². The molecule has 1 rings (SSSR count). The van der Waals surface area contributed by atoms with E-state index < -0.39 is 24.0 Å². The smallest absolute Gasteiger partial charge is 0.326 e. The van der Waals surface area contributed by atoms with Gasteiger partial charge >= 0.3 is 18.0 Å². The first-order chi connectivity index (χ1) is 9.79. The number of urea groups is 1. The minimum absolute atomic E-state index is 0.0427. The molecule has 0 unspecified atom stereocenters. The largest absolute Gasteiger partial charge is 0.481 e. The molecule has 1 aromatic heterocycles. The van der Waals surface area contributed by atoms with Crippen molar-refractivity contribution < 1.29 is 24.6 Å². The number of aromatic nitrogens is 2. The topological polar surface area (TPSA) is 134 Å². The van der Waals surface area contributed by atoms with Gasteiger partial charge in [-0.2, -0.15) is 5.10 Å². The zero-order valence-corrected chi connectivity index (χ0v) is 11.8. The molecule has 0 radical (unpaired) electrons. The lowest BCUT2D eigenvalue weighted by Crippen LogP contribution is -2.43. The van der Waals surface area contributed by atoms with Gasteiger partial charge in [-0.1, -0.05) is 0 Å². The van der Waals surface area contributed by atoms with Crippen LogP contribution in [-0.2, 0) is 16.6 Å². The molecule has 0 aliphatic carbocycles. The molecule has 0 saturated heterocycles. The number of aryl methyl sites for hydroxylation is 2. The molecule has 0 spiro atoms. The van der Waals surface area contributed by atoms with E-state index in [1.54, 1.807) is 20.2 Å².